The lowest BCUT2D eigenvalue weighted by molar-refractivity contribution is -0.131. The number of carbonyl (C=O) groups excluding carboxylic acids is 3. The SMILES string of the molecule is CN(CC(N)=O)C(=O)c1cccc(CC(=O)N2CCc3c(cnc4[nH]ncc34)C2)c1. The van der Waals surface area contributed by atoms with Crippen molar-refractivity contribution in [3.05, 3.63) is 58.9 Å². The summed E-state index contributed by atoms with van der Waals surface area (Å²) in [6.07, 6.45) is 4.51. The minimum absolute atomic E-state index is 0.0111. The van der Waals surface area contributed by atoms with Crippen LogP contribution in [-0.2, 0) is 29.0 Å². The molecule has 2 aromatic heterocycles. The summed E-state index contributed by atoms with van der Waals surface area (Å²) in [6.45, 7) is 0.964. The number of benzene rings is 1. The molecular weight excluding hydrogens is 384 g/mol. The van der Waals surface area contributed by atoms with Crippen LogP contribution in [-0.4, -0.2) is 62.8 Å². The normalized spacial score (nSPS) is 13.2. The number of H-pyrrole nitrogens is 1. The Morgan fingerprint density at radius 1 is 1.27 bits per heavy atom. The maximum atomic E-state index is 12.9. The molecule has 154 valence electrons. The number of pyridine rings is 1. The first-order valence-corrected chi connectivity index (χ1v) is 9.62. The molecule has 0 saturated heterocycles. The van der Waals surface area contributed by atoms with Gasteiger partial charge < -0.3 is 15.5 Å². The number of nitrogens with zero attached hydrogens (tertiary/aromatic N) is 4. The first-order chi connectivity index (χ1) is 14.4. The molecule has 3 amide bonds. The van der Waals surface area contributed by atoms with E-state index in [0.29, 0.717) is 18.7 Å². The van der Waals surface area contributed by atoms with Gasteiger partial charge in [-0.2, -0.15) is 5.10 Å². The zero-order valence-corrected chi connectivity index (χ0v) is 16.6. The van der Waals surface area contributed by atoms with Gasteiger partial charge in [0, 0.05) is 37.3 Å². The van der Waals surface area contributed by atoms with Gasteiger partial charge in [0.25, 0.3) is 5.91 Å². The summed E-state index contributed by atoms with van der Waals surface area (Å²) in [5.41, 5.74) is 9.28. The fourth-order valence-corrected chi connectivity index (χ4v) is 3.79. The van der Waals surface area contributed by atoms with Crippen LogP contribution < -0.4 is 5.73 Å². The van der Waals surface area contributed by atoms with Crippen molar-refractivity contribution in [1.29, 1.82) is 0 Å². The third-order valence-corrected chi connectivity index (χ3v) is 5.30. The van der Waals surface area contributed by atoms with Gasteiger partial charge in [-0.15, -0.1) is 0 Å². The molecule has 9 heteroatoms. The van der Waals surface area contributed by atoms with E-state index in [9.17, 15) is 14.4 Å². The fourth-order valence-electron chi connectivity index (χ4n) is 3.79. The monoisotopic (exact) mass is 406 g/mol. The van der Waals surface area contributed by atoms with Gasteiger partial charge in [0.2, 0.25) is 11.8 Å². The first-order valence-electron chi connectivity index (χ1n) is 9.62. The first kappa shape index (κ1) is 19.6. The molecule has 0 atom stereocenters. The molecular formula is C21H22N6O3. The highest BCUT2D eigenvalue weighted by molar-refractivity contribution is 5.96. The Hall–Kier alpha value is -3.75. The number of rotatable bonds is 5. The summed E-state index contributed by atoms with van der Waals surface area (Å²) < 4.78 is 0. The van der Waals surface area contributed by atoms with Crippen molar-refractivity contribution in [2.45, 2.75) is 19.4 Å². The van der Waals surface area contributed by atoms with Crippen LogP contribution in [0.3, 0.4) is 0 Å². The van der Waals surface area contributed by atoms with E-state index in [4.69, 9.17) is 5.73 Å². The average molecular weight is 406 g/mol. The van der Waals surface area contributed by atoms with Gasteiger partial charge in [-0.1, -0.05) is 12.1 Å². The van der Waals surface area contributed by atoms with Crippen molar-refractivity contribution in [3.63, 3.8) is 0 Å². The van der Waals surface area contributed by atoms with Gasteiger partial charge in [0.1, 0.15) is 0 Å². The second-order valence-corrected chi connectivity index (χ2v) is 7.46. The number of carbonyl (C=O) groups is 3. The third-order valence-electron chi connectivity index (χ3n) is 5.30. The Bertz CT molecular complexity index is 1140. The number of nitrogens with one attached hydrogen (secondary N) is 1. The van der Waals surface area contributed by atoms with Gasteiger partial charge >= 0.3 is 0 Å². The van der Waals surface area contributed by atoms with Gasteiger partial charge in [0.05, 0.1) is 19.2 Å². The van der Waals surface area contributed by atoms with Gasteiger partial charge in [-0.3, -0.25) is 19.5 Å². The molecule has 1 aliphatic heterocycles. The summed E-state index contributed by atoms with van der Waals surface area (Å²) in [5.74, 6) is -0.905. The van der Waals surface area contributed by atoms with E-state index in [1.165, 1.54) is 17.5 Å². The predicted molar refractivity (Wildman–Crippen MR) is 109 cm³/mol. The zero-order chi connectivity index (χ0) is 21.3. The lowest BCUT2D eigenvalue weighted by Crippen LogP contribution is -2.37. The number of hydrogen-bond acceptors (Lipinski definition) is 5. The van der Waals surface area contributed by atoms with Crippen molar-refractivity contribution < 1.29 is 14.4 Å². The summed E-state index contributed by atoms with van der Waals surface area (Å²) in [7, 11) is 1.51. The van der Waals surface area contributed by atoms with E-state index < -0.39 is 5.91 Å². The largest absolute Gasteiger partial charge is 0.368 e. The molecule has 1 aliphatic rings. The van der Waals surface area contributed by atoms with Crippen molar-refractivity contribution in [3.8, 4) is 0 Å². The van der Waals surface area contributed by atoms with E-state index in [0.717, 1.165) is 28.6 Å². The highest BCUT2D eigenvalue weighted by Crippen LogP contribution is 2.25. The van der Waals surface area contributed by atoms with Gasteiger partial charge in [-0.05, 0) is 35.2 Å². The van der Waals surface area contributed by atoms with Crippen molar-refractivity contribution in [1.82, 2.24) is 25.0 Å². The van der Waals surface area contributed by atoms with Crippen molar-refractivity contribution >= 4 is 28.8 Å². The molecule has 4 rings (SSSR count). The smallest absolute Gasteiger partial charge is 0.254 e. The number of likely N-dealkylation sites (N-methyl/N-ethyl adjacent to an activating group) is 1. The number of aromatic amines is 1. The van der Waals surface area contributed by atoms with E-state index in [1.54, 1.807) is 30.6 Å². The zero-order valence-electron chi connectivity index (χ0n) is 16.6. The quantitative estimate of drug-likeness (QED) is 0.643. The summed E-state index contributed by atoms with van der Waals surface area (Å²) in [6, 6.07) is 6.90. The Labute approximate surface area is 172 Å². The number of nitrogens with two attached hydrogens (primary N) is 1. The van der Waals surface area contributed by atoms with Gasteiger partial charge in [-0.25, -0.2) is 4.98 Å². The molecule has 0 aliphatic carbocycles. The Kier molecular flexibility index (Phi) is 5.18. The maximum Gasteiger partial charge on any atom is 0.254 e. The number of amides is 3. The van der Waals surface area contributed by atoms with E-state index in [-0.39, 0.29) is 24.8 Å². The third kappa shape index (κ3) is 3.86. The lowest BCUT2D eigenvalue weighted by atomic mass is 9.98. The molecule has 0 radical (unpaired) electrons. The van der Waals surface area contributed by atoms with Crippen molar-refractivity contribution in [2.24, 2.45) is 5.73 Å². The molecule has 9 nitrogen and oxygen atoms in total. The second-order valence-electron chi connectivity index (χ2n) is 7.46. The fraction of sp³-hybridized carbons (Fsp3) is 0.286. The van der Waals surface area contributed by atoms with Crippen LogP contribution in [0.1, 0.15) is 27.0 Å². The molecule has 3 aromatic rings. The van der Waals surface area contributed by atoms with Crippen LogP contribution in [0.2, 0.25) is 0 Å². The molecule has 1 aromatic carbocycles. The molecule has 3 heterocycles. The van der Waals surface area contributed by atoms with Crippen LogP contribution in [0.25, 0.3) is 11.0 Å². The molecule has 0 fully saturated rings. The average Bonchev–Trinajstić information content (AvgIpc) is 3.21. The minimum atomic E-state index is -0.579. The standard InChI is InChI=1S/C21H22N6O3/c1-26(12-18(22)28)21(30)14-4-2-3-13(7-14)8-19(29)27-6-5-16-15(11-27)9-23-20-17(16)10-24-25-20/h2-4,7,9-10H,5-6,8,11-12H2,1H3,(H2,22,28)(H,23,24,25). The Balaban J connectivity index is 1.45. The minimum Gasteiger partial charge on any atom is -0.368 e. The molecule has 30 heavy (non-hydrogen) atoms. The summed E-state index contributed by atoms with van der Waals surface area (Å²) in [4.78, 5) is 43.8. The molecule has 0 unspecified atom stereocenters. The summed E-state index contributed by atoms with van der Waals surface area (Å²) >= 11 is 0. The topological polar surface area (TPSA) is 125 Å². The van der Waals surface area contributed by atoms with E-state index in [2.05, 4.69) is 15.2 Å². The van der Waals surface area contributed by atoms with Crippen LogP contribution in [0.4, 0.5) is 0 Å². The maximum absolute atomic E-state index is 12.9. The van der Waals surface area contributed by atoms with Gasteiger partial charge in [0.15, 0.2) is 5.65 Å². The Morgan fingerprint density at radius 3 is 2.90 bits per heavy atom. The Morgan fingerprint density at radius 2 is 2.10 bits per heavy atom. The van der Waals surface area contributed by atoms with Crippen LogP contribution >= 0.6 is 0 Å². The van der Waals surface area contributed by atoms with Crippen LogP contribution in [0.5, 0.6) is 0 Å². The predicted octanol–water partition coefficient (Wildman–Crippen LogP) is 0.643. The number of aromatic nitrogens is 3. The molecule has 3 N–H and O–H groups in total. The number of primary amides is 1. The molecule has 0 saturated carbocycles. The number of fused-ring (bicyclic) bond motifs is 3. The highest BCUT2D eigenvalue weighted by Gasteiger charge is 2.23. The van der Waals surface area contributed by atoms with Crippen LogP contribution in [0, 0.1) is 0 Å². The highest BCUT2D eigenvalue weighted by atomic mass is 16.2. The second kappa shape index (κ2) is 7.94. The van der Waals surface area contributed by atoms with Crippen LogP contribution in [0.15, 0.2) is 36.7 Å². The van der Waals surface area contributed by atoms with E-state index >= 15 is 0 Å². The van der Waals surface area contributed by atoms with E-state index in [1.807, 2.05) is 11.0 Å². The number of hydrogen-bond donors (Lipinski definition) is 2. The van der Waals surface area contributed by atoms with Crippen molar-refractivity contribution in [2.75, 3.05) is 20.1 Å². The summed E-state index contributed by atoms with van der Waals surface area (Å²) in [5, 5.41) is 7.92. The molecule has 0 spiro atoms. The molecule has 0 bridgehead atoms. The lowest BCUT2D eigenvalue weighted by Gasteiger charge is -2.29.